The molecule has 74 valence electrons. The lowest BCUT2D eigenvalue weighted by molar-refractivity contribution is 0.0112. The quantitative estimate of drug-likeness (QED) is 0.684. The monoisotopic (exact) mass is 174 g/mol. The molecule has 0 aromatic carbocycles. The SMILES string of the molecule is CCCC(O)CC(O)C(C)(C)C. The molecule has 0 aliphatic rings. The van der Waals surface area contributed by atoms with Gasteiger partial charge in [-0.15, -0.1) is 0 Å². The maximum absolute atomic E-state index is 9.62. The lowest BCUT2D eigenvalue weighted by Crippen LogP contribution is -2.30. The van der Waals surface area contributed by atoms with E-state index in [4.69, 9.17) is 0 Å². The van der Waals surface area contributed by atoms with Crippen LogP contribution in [-0.4, -0.2) is 22.4 Å². The van der Waals surface area contributed by atoms with Crippen molar-refractivity contribution in [3.63, 3.8) is 0 Å². The van der Waals surface area contributed by atoms with E-state index in [1.54, 1.807) is 0 Å². The predicted octanol–water partition coefficient (Wildman–Crippen LogP) is 1.94. The van der Waals surface area contributed by atoms with Crippen LogP contribution in [0.1, 0.15) is 47.0 Å². The van der Waals surface area contributed by atoms with E-state index in [-0.39, 0.29) is 11.5 Å². The molecule has 2 heteroatoms. The van der Waals surface area contributed by atoms with Crippen LogP contribution in [0.25, 0.3) is 0 Å². The highest BCUT2D eigenvalue weighted by Gasteiger charge is 2.24. The Morgan fingerprint density at radius 2 is 1.67 bits per heavy atom. The first-order chi connectivity index (χ1) is 5.38. The highest BCUT2D eigenvalue weighted by atomic mass is 16.3. The molecule has 2 unspecified atom stereocenters. The third-order valence-corrected chi connectivity index (χ3v) is 2.12. The highest BCUT2D eigenvalue weighted by molar-refractivity contribution is 4.75. The van der Waals surface area contributed by atoms with Gasteiger partial charge < -0.3 is 10.2 Å². The van der Waals surface area contributed by atoms with Crippen molar-refractivity contribution in [3.05, 3.63) is 0 Å². The second-order valence-electron chi connectivity index (χ2n) is 4.56. The van der Waals surface area contributed by atoms with E-state index >= 15 is 0 Å². The zero-order valence-corrected chi connectivity index (χ0v) is 8.67. The number of hydrogen-bond donors (Lipinski definition) is 2. The minimum atomic E-state index is -0.404. The minimum absolute atomic E-state index is 0.116. The Morgan fingerprint density at radius 3 is 2.00 bits per heavy atom. The van der Waals surface area contributed by atoms with Gasteiger partial charge in [0.05, 0.1) is 12.2 Å². The van der Waals surface area contributed by atoms with Crippen LogP contribution in [0.2, 0.25) is 0 Å². The number of rotatable bonds is 4. The maximum Gasteiger partial charge on any atom is 0.0613 e. The van der Waals surface area contributed by atoms with Gasteiger partial charge in [-0.1, -0.05) is 34.1 Å². The van der Waals surface area contributed by atoms with E-state index < -0.39 is 6.10 Å². The second kappa shape index (κ2) is 4.83. The van der Waals surface area contributed by atoms with Crippen molar-refractivity contribution in [2.45, 2.75) is 59.2 Å². The molecular weight excluding hydrogens is 152 g/mol. The summed E-state index contributed by atoms with van der Waals surface area (Å²) in [6.45, 7) is 7.98. The maximum atomic E-state index is 9.62. The fourth-order valence-corrected chi connectivity index (χ4v) is 1.06. The fraction of sp³-hybridized carbons (Fsp3) is 1.00. The van der Waals surface area contributed by atoms with Gasteiger partial charge in [0.15, 0.2) is 0 Å². The van der Waals surface area contributed by atoms with Crippen LogP contribution in [0.3, 0.4) is 0 Å². The molecule has 12 heavy (non-hydrogen) atoms. The van der Waals surface area contributed by atoms with Crippen LogP contribution < -0.4 is 0 Å². The second-order valence-corrected chi connectivity index (χ2v) is 4.56. The summed E-state index contributed by atoms with van der Waals surface area (Å²) in [6.07, 6.45) is 1.51. The highest BCUT2D eigenvalue weighted by Crippen LogP contribution is 2.23. The van der Waals surface area contributed by atoms with E-state index in [1.165, 1.54) is 0 Å². The van der Waals surface area contributed by atoms with Crippen LogP contribution in [0.5, 0.6) is 0 Å². The van der Waals surface area contributed by atoms with Crippen molar-refractivity contribution >= 4 is 0 Å². The molecule has 0 amide bonds. The fourth-order valence-electron chi connectivity index (χ4n) is 1.06. The summed E-state index contributed by atoms with van der Waals surface area (Å²) in [5.74, 6) is 0. The summed E-state index contributed by atoms with van der Waals surface area (Å²) in [5, 5.41) is 19.0. The number of aliphatic hydroxyl groups is 2. The summed E-state index contributed by atoms with van der Waals surface area (Å²) in [5.41, 5.74) is -0.116. The predicted molar refractivity (Wildman–Crippen MR) is 51.0 cm³/mol. The molecule has 0 rings (SSSR count). The topological polar surface area (TPSA) is 40.5 Å². The van der Waals surface area contributed by atoms with Crippen molar-refractivity contribution in [2.24, 2.45) is 5.41 Å². The average Bonchev–Trinajstić information content (AvgIpc) is 1.85. The molecule has 0 saturated heterocycles. The van der Waals surface area contributed by atoms with Crippen LogP contribution in [0.15, 0.2) is 0 Å². The van der Waals surface area contributed by atoms with E-state index in [0.717, 1.165) is 12.8 Å². The van der Waals surface area contributed by atoms with Crippen LogP contribution in [0.4, 0.5) is 0 Å². The van der Waals surface area contributed by atoms with Crippen molar-refractivity contribution in [1.82, 2.24) is 0 Å². The molecule has 0 saturated carbocycles. The first-order valence-corrected chi connectivity index (χ1v) is 4.74. The third-order valence-electron chi connectivity index (χ3n) is 2.12. The minimum Gasteiger partial charge on any atom is -0.393 e. The summed E-state index contributed by atoms with van der Waals surface area (Å²) >= 11 is 0. The lowest BCUT2D eigenvalue weighted by Gasteiger charge is -2.27. The molecule has 2 atom stereocenters. The molecule has 0 radical (unpaired) electrons. The molecule has 2 nitrogen and oxygen atoms in total. The Labute approximate surface area is 75.6 Å². The standard InChI is InChI=1S/C10H22O2/c1-5-6-8(11)7-9(12)10(2,3)4/h8-9,11-12H,5-7H2,1-4H3. The smallest absolute Gasteiger partial charge is 0.0613 e. The van der Waals surface area contributed by atoms with Gasteiger partial charge in [0, 0.05) is 0 Å². The van der Waals surface area contributed by atoms with Crippen LogP contribution in [-0.2, 0) is 0 Å². The Morgan fingerprint density at radius 1 is 1.17 bits per heavy atom. The Bertz CT molecular complexity index is 115. The molecule has 0 fully saturated rings. The van der Waals surface area contributed by atoms with Gasteiger partial charge >= 0.3 is 0 Å². The van der Waals surface area contributed by atoms with Crippen LogP contribution in [0, 0.1) is 5.41 Å². The third kappa shape index (κ3) is 4.73. The summed E-state index contributed by atoms with van der Waals surface area (Å²) in [6, 6.07) is 0. The van der Waals surface area contributed by atoms with Crippen molar-refractivity contribution in [2.75, 3.05) is 0 Å². The summed E-state index contributed by atoms with van der Waals surface area (Å²) in [4.78, 5) is 0. The van der Waals surface area contributed by atoms with Crippen molar-refractivity contribution < 1.29 is 10.2 Å². The number of hydrogen-bond acceptors (Lipinski definition) is 2. The van der Waals surface area contributed by atoms with Crippen molar-refractivity contribution in [1.29, 1.82) is 0 Å². The number of aliphatic hydroxyl groups excluding tert-OH is 2. The van der Waals surface area contributed by atoms with Gasteiger partial charge in [0.1, 0.15) is 0 Å². The van der Waals surface area contributed by atoms with E-state index in [0.29, 0.717) is 6.42 Å². The first kappa shape index (κ1) is 11.9. The average molecular weight is 174 g/mol. The molecule has 0 aliphatic carbocycles. The zero-order chi connectivity index (χ0) is 9.78. The van der Waals surface area contributed by atoms with E-state index in [1.807, 2.05) is 27.7 Å². The van der Waals surface area contributed by atoms with Gasteiger partial charge in [-0.2, -0.15) is 0 Å². The summed E-state index contributed by atoms with van der Waals surface area (Å²) < 4.78 is 0. The van der Waals surface area contributed by atoms with Gasteiger partial charge in [0.2, 0.25) is 0 Å². The Balaban J connectivity index is 3.76. The molecule has 2 N–H and O–H groups in total. The first-order valence-electron chi connectivity index (χ1n) is 4.74. The summed E-state index contributed by atoms with van der Waals surface area (Å²) in [7, 11) is 0. The van der Waals surface area contributed by atoms with E-state index in [2.05, 4.69) is 0 Å². The Kier molecular flexibility index (Phi) is 4.80. The van der Waals surface area contributed by atoms with Gasteiger partial charge in [-0.3, -0.25) is 0 Å². The normalized spacial score (nSPS) is 17.5. The van der Waals surface area contributed by atoms with Crippen LogP contribution >= 0.6 is 0 Å². The molecule has 0 heterocycles. The molecular formula is C10H22O2. The molecule has 0 bridgehead atoms. The van der Waals surface area contributed by atoms with E-state index in [9.17, 15) is 10.2 Å². The van der Waals surface area contributed by atoms with Gasteiger partial charge in [0.25, 0.3) is 0 Å². The lowest BCUT2D eigenvalue weighted by atomic mass is 9.85. The molecule has 0 aliphatic heterocycles. The molecule has 0 aromatic rings. The molecule has 0 spiro atoms. The van der Waals surface area contributed by atoms with Gasteiger partial charge in [-0.05, 0) is 18.3 Å². The van der Waals surface area contributed by atoms with Crippen molar-refractivity contribution in [3.8, 4) is 0 Å². The van der Waals surface area contributed by atoms with Gasteiger partial charge in [-0.25, -0.2) is 0 Å². The molecule has 0 aromatic heterocycles. The largest absolute Gasteiger partial charge is 0.393 e. The Hall–Kier alpha value is -0.0800. The zero-order valence-electron chi connectivity index (χ0n) is 8.67.